The first-order chi connectivity index (χ1) is 10.5. The smallest absolute Gasteiger partial charge is 0.341 e. The number of benzene rings is 1. The Balaban J connectivity index is 2.18. The number of hydrogen-bond donors (Lipinski definition) is 2. The fourth-order valence-electron chi connectivity index (χ4n) is 2.95. The van der Waals surface area contributed by atoms with Gasteiger partial charge in [0.25, 0.3) is 0 Å². The summed E-state index contributed by atoms with van der Waals surface area (Å²) >= 11 is 0. The molecule has 6 nitrogen and oxygen atoms in total. The van der Waals surface area contributed by atoms with Crippen LogP contribution in [0.25, 0.3) is 10.9 Å². The minimum atomic E-state index is -1.23. The first kappa shape index (κ1) is 14.6. The Bertz CT molecular complexity index is 783. The monoisotopic (exact) mass is 302 g/mol. The Hall–Kier alpha value is -2.34. The number of carbonyl (C=O) groups is 1. The molecule has 6 heteroatoms. The average Bonchev–Trinajstić information content (AvgIpc) is 2.50. The van der Waals surface area contributed by atoms with Crippen LogP contribution >= 0.6 is 0 Å². The summed E-state index contributed by atoms with van der Waals surface area (Å²) in [5.74, 6) is -1.14. The van der Waals surface area contributed by atoms with E-state index in [0.717, 1.165) is 0 Å². The second kappa shape index (κ2) is 5.46. The summed E-state index contributed by atoms with van der Waals surface area (Å²) in [6.07, 6.45) is 1.65. The Morgan fingerprint density at radius 1 is 1.32 bits per heavy atom. The molecule has 0 amide bonds. The predicted molar refractivity (Wildman–Crippen MR) is 82.9 cm³/mol. The van der Waals surface area contributed by atoms with Crippen LogP contribution in [0.4, 0.5) is 0 Å². The van der Waals surface area contributed by atoms with E-state index in [4.69, 9.17) is 0 Å². The summed E-state index contributed by atoms with van der Waals surface area (Å²) in [6.45, 7) is 3.17. The minimum Gasteiger partial charge on any atom is -0.477 e. The van der Waals surface area contributed by atoms with E-state index >= 15 is 0 Å². The largest absolute Gasteiger partial charge is 0.477 e. The lowest BCUT2D eigenvalue weighted by Gasteiger charge is -2.37. The SMILES string of the molecule is CC1CN(n2cc(C(=O)O)c(=O)c3ccccc32)CCC1O. The van der Waals surface area contributed by atoms with E-state index in [2.05, 4.69) is 0 Å². The highest BCUT2D eigenvalue weighted by atomic mass is 16.4. The number of piperidine rings is 1. The number of aromatic nitrogens is 1. The number of aliphatic hydroxyl groups is 1. The van der Waals surface area contributed by atoms with Crippen LogP contribution in [-0.4, -0.2) is 40.1 Å². The van der Waals surface area contributed by atoms with Gasteiger partial charge in [0.2, 0.25) is 5.43 Å². The zero-order valence-corrected chi connectivity index (χ0v) is 12.3. The van der Waals surface area contributed by atoms with Gasteiger partial charge in [-0.15, -0.1) is 0 Å². The number of rotatable bonds is 2. The van der Waals surface area contributed by atoms with Gasteiger partial charge in [-0.2, -0.15) is 0 Å². The molecule has 2 unspecified atom stereocenters. The lowest BCUT2D eigenvalue weighted by atomic mass is 9.98. The van der Waals surface area contributed by atoms with Crippen molar-refractivity contribution in [1.82, 2.24) is 4.68 Å². The lowest BCUT2D eigenvalue weighted by molar-refractivity contribution is 0.0693. The summed E-state index contributed by atoms with van der Waals surface area (Å²) in [7, 11) is 0. The van der Waals surface area contributed by atoms with Crippen LogP contribution in [0.1, 0.15) is 23.7 Å². The van der Waals surface area contributed by atoms with Gasteiger partial charge >= 0.3 is 5.97 Å². The number of carboxylic acids is 1. The van der Waals surface area contributed by atoms with Crippen molar-refractivity contribution in [3.63, 3.8) is 0 Å². The fraction of sp³-hybridized carbons (Fsp3) is 0.375. The molecule has 1 aromatic heterocycles. The van der Waals surface area contributed by atoms with Crippen molar-refractivity contribution in [1.29, 1.82) is 0 Å². The lowest BCUT2D eigenvalue weighted by Crippen LogP contribution is -2.48. The molecule has 1 aromatic carbocycles. The number of aromatic carboxylic acids is 1. The van der Waals surface area contributed by atoms with Crippen LogP contribution in [0.5, 0.6) is 0 Å². The quantitative estimate of drug-likeness (QED) is 0.866. The van der Waals surface area contributed by atoms with Crippen LogP contribution in [0.15, 0.2) is 35.3 Å². The van der Waals surface area contributed by atoms with Crippen molar-refractivity contribution in [2.75, 3.05) is 18.1 Å². The average molecular weight is 302 g/mol. The molecule has 0 radical (unpaired) electrons. The Labute approximate surface area is 127 Å². The minimum absolute atomic E-state index is 0.0835. The van der Waals surface area contributed by atoms with Gasteiger partial charge in [-0.25, -0.2) is 4.79 Å². The molecule has 2 aromatic rings. The van der Waals surface area contributed by atoms with E-state index in [9.17, 15) is 19.8 Å². The van der Waals surface area contributed by atoms with E-state index in [0.29, 0.717) is 30.4 Å². The molecule has 1 saturated heterocycles. The molecule has 116 valence electrons. The molecular weight excluding hydrogens is 284 g/mol. The van der Waals surface area contributed by atoms with Crippen molar-refractivity contribution >= 4 is 16.9 Å². The maximum absolute atomic E-state index is 12.3. The van der Waals surface area contributed by atoms with Crippen molar-refractivity contribution < 1.29 is 15.0 Å². The van der Waals surface area contributed by atoms with E-state index in [-0.39, 0.29) is 17.6 Å². The van der Waals surface area contributed by atoms with Crippen molar-refractivity contribution in [2.45, 2.75) is 19.4 Å². The zero-order chi connectivity index (χ0) is 15.9. The van der Waals surface area contributed by atoms with Crippen LogP contribution in [-0.2, 0) is 0 Å². The summed E-state index contributed by atoms with van der Waals surface area (Å²) in [5.41, 5.74) is -0.0250. The van der Waals surface area contributed by atoms with Crippen molar-refractivity contribution in [3.05, 3.63) is 46.2 Å². The molecule has 0 spiro atoms. The van der Waals surface area contributed by atoms with Crippen LogP contribution in [0, 0.1) is 5.92 Å². The maximum atomic E-state index is 12.3. The van der Waals surface area contributed by atoms with Crippen molar-refractivity contribution in [3.8, 4) is 0 Å². The van der Waals surface area contributed by atoms with E-state index in [1.807, 2.05) is 18.0 Å². The van der Waals surface area contributed by atoms with Gasteiger partial charge in [-0.3, -0.25) is 9.47 Å². The molecule has 1 aliphatic heterocycles. The van der Waals surface area contributed by atoms with Gasteiger partial charge in [0, 0.05) is 30.6 Å². The van der Waals surface area contributed by atoms with Crippen molar-refractivity contribution in [2.24, 2.45) is 5.92 Å². The number of hydrogen-bond acceptors (Lipinski definition) is 4. The molecule has 1 aliphatic rings. The molecule has 2 atom stereocenters. The van der Waals surface area contributed by atoms with Gasteiger partial charge in [0.1, 0.15) is 5.56 Å². The molecular formula is C16H18N2O4. The fourth-order valence-corrected chi connectivity index (χ4v) is 2.95. The van der Waals surface area contributed by atoms with E-state index in [1.165, 1.54) is 6.20 Å². The second-order valence-corrected chi connectivity index (χ2v) is 5.78. The Morgan fingerprint density at radius 3 is 2.73 bits per heavy atom. The zero-order valence-electron chi connectivity index (χ0n) is 12.3. The standard InChI is InChI=1S/C16H18N2O4/c1-10-8-17(7-6-14(10)19)18-9-12(16(21)22)15(20)11-4-2-3-5-13(11)18/h2-5,9-10,14,19H,6-8H2,1H3,(H,21,22). The molecule has 3 rings (SSSR count). The first-order valence-corrected chi connectivity index (χ1v) is 7.30. The highest BCUT2D eigenvalue weighted by Crippen LogP contribution is 2.19. The number of para-hydroxylation sites is 1. The summed E-state index contributed by atoms with van der Waals surface area (Å²) in [6, 6.07) is 6.99. The molecule has 2 N–H and O–H groups in total. The van der Waals surface area contributed by atoms with Gasteiger partial charge in [0.15, 0.2) is 0 Å². The highest BCUT2D eigenvalue weighted by Gasteiger charge is 2.26. The Kier molecular flexibility index (Phi) is 3.62. The summed E-state index contributed by atoms with van der Waals surface area (Å²) in [5, 5.41) is 21.5. The Morgan fingerprint density at radius 2 is 2.05 bits per heavy atom. The molecule has 0 aliphatic carbocycles. The second-order valence-electron chi connectivity index (χ2n) is 5.78. The third kappa shape index (κ3) is 2.35. The summed E-state index contributed by atoms with van der Waals surface area (Å²) < 4.78 is 1.74. The van der Waals surface area contributed by atoms with Gasteiger partial charge < -0.3 is 15.2 Å². The predicted octanol–water partition coefficient (Wildman–Crippen LogP) is 1.04. The molecule has 0 saturated carbocycles. The van der Waals surface area contributed by atoms with Gasteiger partial charge in [-0.05, 0) is 18.6 Å². The van der Waals surface area contributed by atoms with Crippen LogP contribution in [0.2, 0.25) is 0 Å². The number of fused-ring (bicyclic) bond motifs is 1. The molecule has 2 heterocycles. The number of pyridine rings is 1. The van der Waals surface area contributed by atoms with E-state index in [1.54, 1.807) is 22.9 Å². The molecule has 1 fully saturated rings. The van der Waals surface area contributed by atoms with Gasteiger partial charge in [-0.1, -0.05) is 19.1 Å². The third-order valence-corrected chi connectivity index (χ3v) is 4.27. The normalized spacial score (nSPS) is 22.0. The molecule has 22 heavy (non-hydrogen) atoms. The summed E-state index contributed by atoms with van der Waals surface area (Å²) in [4.78, 5) is 23.6. The van der Waals surface area contributed by atoms with Gasteiger partial charge in [0.05, 0.1) is 11.6 Å². The number of nitrogens with zero attached hydrogens (tertiary/aromatic N) is 2. The number of carboxylic acid groups (broad SMARTS) is 1. The van der Waals surface area contributed by atoms with E-state index < -0.39 is 11.4 Å². The van der Waals surface area contributed by atoms with Crippen LogP contribution < -0.4 is 10.4 Å². The topological polar surface area (TPSA) is 82.8 Å². The number of aliphatic hydroxyl groups excluding tert-OH is 1. The first-order valence-electron chi connectivity index (χ1n) is 7.30. The third-order valence-electron chi connectivity index (χ3n) is 4.27. The molecule has 0 bridgehead atoms. The van der Waals surface area contributed by atoms with Crippen LogP contribution in [0.3, 0.4) is 0 Å². The highest BCUT2D eigenvalue weighted by molar-refractivity contribution is 5.92. The maximum Gasteiger partial charge on any atom is 0.341 e.